The van der Waals surface area contributed by atoms with Gasteiger partial charge in [0.05, 0.1) is 12.1 Å². The van der Waals surface area contributed by atoms with Gasteiger partial charge in [0.2, 0.25) is 0 Å². The Hall–Kier alpha value is -3.32. The molecule has 0 radical (unpaired) electrons. The van der Waals surface area contributed by atoms with Crippen LogP contribution in [0.4, 0.5) is 0 Å². The van der Waals surface area contributed by atoms with Crippen LogP contribution >= 0.6 is 11.6 Å². The van der Waals surface area contributed by atoms with Gasteiger partial charge >= 0.3 is 5.97 Å². The van der Waals surface area contributed by atoms with E-state index in [0.29, 0.717) is 16.3 Å². The number of hydrogen-bond acceptors (Lipinski definition) is 5. The number of methoxy groups -OCH3 is 1. The van der Waals surface area contributed by atoms with E-state index < -0.39 is 17.9 Å². The van der Waals surface area contributed by atoms with Crippen molar-refractivity contribution >= 4 is 23.5 Å². The lowest BCUT2D eigenvalue weighted by Crippen LogP contribution is -2.42. The van der Waals surface area contributed by atoms with E-state index >= 15 is 0 Å². The molecule has 1 heterocycles. The Morgan fingerprint density at radius 3 is 2.55 bits per heavy atom. The summed E-state index contributed by atoms with van der Waals surface area (Å²) >= 11 is 6.21. The standard InChI is InChI=1S/C21H19ClN2O5/c1-12-3-5-13(6-4-12)9-18(21(26)27)23-20(25)17-11-19(29-24-17)15-8-7-14(28-2)10-16(15)22/h3-8,10-11,18H,9H2,1-2H3,(H,23,25)(H,26,27). The number of aliphatic carboxylic acids is 1. The van der Waals surface area contributed by atoms with Gasteiger partial charge in [-0.05, 0) is 30.7 Å². The molecule has 150 valence electrons. The summed E-state index contributed by atoms with van der Waals surface area (Å²) in [4.78, 5) is 24.1. The minimum absolute atomic E-state index is 0.0398. The zero-order valence-corrected chi connectivity index (χ0v) is 16.6. The summed E-state index contributed by atoms with van der Waals surface area (Å²) in [7, 11) is 1.53. The second-order valence-electron chi connectivity index (χ2n) is 6.48. The number of aryl methyl sites for hydroxylation is 1. The average Bonchev–Trinajstić information content (AvgIpc) is 3.18. The molecule has 0 bridgehead atoms. The van der Waals surface area contributed by atoms with Crippen molar-refractivity contribution in [3.05, 3.63) is 70.4 Å². The van der Waals surface area contributed by atoms with E-state index in [0.717, 1.165) is 11.1 Å². The van der Waals surface area contributed by atoms with Crippen LogP contribution in [-0.4, -0.2) is 35.3 Å². The molecule has 7 nitrogen and oxygen atoms in total. The molecule has 0 fully saturated rings. The lowest BCUT2D eigenvalue weighted by molar-refractivity contribution is -0.139. The quantitative estimate of drug-likeness (QED) is 0.610. The summed E-state index contributed by atoms with van der Waals surface area (Å²) in [5, 5.41) is 16.1. The summed E-state index contributed by atoms with van der Waals surface area (Å²) in [6, 6.07) is 12.7. The predicted molar refractivity (Wildman–Crippen MR) is 107 cm³/mol. The van der Waals surface area contributed by atoms with Gasteiger partial charge in [-0.3, -0.25) is 4.79 Å². The molecule has 0 spiro atoms. The summed E-state index contributed by atoms with van der Waals surface area (Å²) < 4.78 is 10.3. The van der Waals surface area contributed by atoms with Crippen LogP contribution in [-0.2, 0) is 11.2 Å². The molecule has 3 aromatic rings. The minimum atomic E-state index is -1.14. The maximum atomic E-state index is 12.5. The third kappa shape index (κ3) is 4.94. The number of rotatable bonds is 7. The van der Waals surface area contributed by atoms with Crippen LogP contribution in [0.2, 0.25) is 5.02 Å². The van der Waals surface area contributed by atoms with Crippen molar-refractivity contribution in [2.24, 2.45) is 0 Å². The van der Waals surface area contributed by atoms with Crippen molar-refractivity contribution < 1.29 is 24.0 Å². The van der Waals surface area contributed by atoms with E-state index in [1.807, 2.05) is 31.2 Å². The van der Waals surface area contributed by atoms with Gasteiger partial charge in [-0.1, -0.05) is 46.6 Å². The van der Waals surface area contributed by atoms with Crippen molar-refractivity contribution in [3.8, 4) is 17.1 Å². The van der Waals surface area contributed by atoms with Gasteiger partial charge < -0.3 is 19.7 Å². The molecule has 0 aliphatic carbocycles. The number of nitrogens with one attached hydrogen (secondary N) is 1. The fourth-order valence-electron chi connectivity index (χ4n) is 2.72. The fourth-order valence-corrected chi connectivity index (χ4v) is 2.99. The lowest BCUT2D eigenvalue weighted by Gasteiger charge is -2.13. The zero-order valence-electron chi connectivity index (χ0n) is 15.8. The summed E-state index contributed by atoms with van der Waals surface area (Å²) in [5.41, 5.74) is 2.36. The number of halogens is 1. The highest BCUT2D eigenvalue weighted by Gasteiger charge is 2.23. The Labute approximate surface area is 172 Å². The SMILES string of the molecule is COc1ccc(-c2cc(C(=O)NC(Cc3ccc(C)cc3)C(=O)O)no2)c(Cl)c1. The topological polar surface area (TPSA) is 102 Å². The number of aromatic nitrogens is 1. The average molecular weight is 415 g/mol. The molecule has 8 heteroatoms. The molecule has 0 saturated heterocycles. The third-order valence-electron chi connectivity index (χ3n) is 4.35. The van der Waals surface area contributed by atoms with Crippen LogP contribution in [0, 0.1) is 6.92 Å². The second-order valence-corrected chi connectivity index (χ2v) is 6.88. The van der Waals surface area contributed by atoms with Gasteiger partial charge in [0.25, 0.3) is 5.91 Å². The Morgan fingerprint density at radius 2 is 1.93 bits per heavy atom. The highest BCUT2D eigenvalue weighted by Crippen LogP contribution is 2.31. The summed E-state index contributed by atoms with van der Waals surface area (Å²) in [6.45, 7) is 1.94. The Balaban J connectivity index is 1.74. The molecular formula is C21H19ClN2O5. The smallest absolute Gasteiger partial charge is 0.326 e. The molecule has 0 aliphatic rings. The molecule has 1 amide bonds. The first kappa shape index (κ1) is 20.4. The first-order valence-electron chi connectivity index (χ1n) is 8.77. The number of amides is 1. The van der Waals surface area contributed by atoms with Crippen LogP contribution in [0.1, 0.15) is 21.6 Å². The van der Waals surface area contributed by atoms with Crippen molar-refractivity contribution in [1.82, 2.24) is 10.5 Å². The van der Waals surface area contributed by atoms with Crippen LogP contribution in [0.25, 0.3) is 11.3 Å². The fraction of sp³-hybridized carbons (Fsp3) is 0.190. The zero-order chi connectivity index (χ0) is 21.0. The van der Waals surface area contributed by atoms with Crippen molar-refractivity contribution in [2.45, 2.75) is 19.4 Å². The van der Waals surface area contributed by atoms with Gasteiger partial charge in [-0.25, -0.2) is 4.79 Å². The lowest BCUT2D eigenvalue weighted by atomic mass is 10.0. The Bertz CT molecular complexity index is 1030. The van der Waals surface area contributed by atoms with E-state index in [1.165, 1.54) is 13.2 Å². The van der Waals surface area contributed by atoms with Gasteiger partial charge in [0.15, 0.2) is 11.5 Å². The number of nitrogens with zero attached hydrogens (tertiary/aromatic N) is 1. The molecule has 0 saturated carbocycles. The number of benzene rings is 2. The van der Waals surface area contributed by atoms with Crippen LogP contribution < -0.4 is 10.1 Å². The van der Waals surface area contributed by atoms with E-state index in [4.69, 9.17) is 20.9 Å². The van der Waals surface area contributed by atoms with E-state index in [-0.39, 0.29) is 17.9 Å². The minimum Gasteiger partial charge on any atom is -0.497 e. The maximum absolute atomic E-state index is 12.5. The Kier molecular flexibility index (Phi) is 6.19. The van der Waals surface area contributed by atoms with Gasteiger partial charge in [0.1, 0.15) is 11.8 Å². The normalized spacial score (nSPS) is 11.7. The number of carboxylic acid groups (broad SMARTS) is 1. The molecule has 29 heavy (non-hydrogen) atoms. The van der Waals surface area contributed by atoms with Crippen molar-refractivity contribution in [2.75, 3.05) is 7.11 Å². The number of hydrogen-bond donors (Lipinski definition) is 2. The molecule has 1 unspecified atom stereocenters. The molecular weight excluding hydrogens is 396 g/mol. The number of carboxylic acids is 1. The summed E-state index contributed by atoms with van der Waals surface area (Å²) in [6.07, 6.45) is 0.149. The molecule has 0 aliphatic heterocycles. The molecule has 1 atom stereocenters. The largest absolute Gasteiger partial charge is 0.497 e. The molecule has 2 aromatic carbocycles. The van der Waals surface area contributed by atoms with Crippen molar-refractivity contribution in [1.29, 1.82) is 0 Å². The Morgan fingerprint density at radius 1 is 1.21 bits per heavy atom. The number of carbonyl (C=O) groups excluding carboxylic acids is 1. The third-order valence-corrected chi connectivity index (χ3v) is 4.66. The highest BCUT2D eigenvalue weighted by molar-refractivity contribution is 6.33. The van der Waals surface area contributed by atoms with E-state index in [9.17, 15) is 14.7 Å². The van der Waals surface area contributed by atoms with Gasteiger partial charge in [-0.2, -0.15) is 0 Å². The van der Waals surface area contributed by atoms with Crippen LogP contribution in [0.3, 0.4) is 0 Å². The molecule has 1 aromatic heterocycles. The predicted octanol–water partition coefficient (Wildman–Crippen LogP) is 3.74. The first-order valence-corrected chi connectivity index (χ1v) is 9.15. The monoisotopic (exact) mass is 414 g/mol. The molecule has 3 rings (SSSR count). The number of ether oxygens (including phenoxy) is 1. The van der Waals surface area contributed by atoms with Gasteiger partial charge in [0, 0.05) is 18.1 Å². The second kappa shape index (κ2) is 8.79. The summed E-state index contributed by atoms with van der Waals surface area (Å²) in [5.74, 6) is -0.921. The van der Waals surface area contributed by atoms with Crippen LogP contribution in [0.5, 0.6) is 5.75 Å². The first-order chi connectivity index (χ1) is 13.9. The van der Waals surface area contributed by atoms with Crippen LogP contribution in [0.15, 0.2) is 53.1 Å². The van der Waals surface area contributed by atoms with Gasteiger partial charge in [-0.15, -0.1) is 0 Å². The van der Waals surface area contributed by atoms with E-state index in [2.05, 4.69) is 10.5 Å². The molecule has 2 N–H and O–H groups in total. The number of carbonyl (C=O) groups is 2. The van der Waals surface area contributed by atoms with E-state index in [1.54, 1.807) is 18.2 Å². The highest BCUT2D eigenvalue weighted by atomic mass is 35.5. The maximum Gasteiger partial charge on any atom is 0.326 e. The van der Waals surface area contributed by atoms with Crippen molar-refractivity contribution in [3.63, 3.8) is 0 Å².